The van der Waals surface area contributed by atoms with E-state index in [0.29, 0.717) is 33.1 Å². The third kappa shape index (κ3) is 4.40. The Morgan fingerprint density at radius 3 is 2.63 bits per heavy atom. The smallest absolute Gasteiger partial charge is 0.412 e. The minimum atomic E-state index is -0.621. The number of pyridine rings is 1. The zero-order valence-corrected chi connectivity index (χ0v) is 18.6. The van der Waals surface area contributed by atoms with E-state index in [1.165, 1.54) is 23.4 Å². The fourth-order valence-corrected chi connectivity index (χ4v) is 3.33. The van der Waals surface area contributed by atoms with Crippen LogP contribution in [0.4, 0.5) is 10.5 Å². The number of thioether (sulfide) groups is 1. The summed E-state index contributed by atoms with van der Waals surface area (Å²) in [6, 6.07) is 6.90. The van der Waals surface area contributed by atoms with E-state index < -0.39 is 11.7 Å². The quantitative estimate of drug-likeness (QED) is 0.492. The molecule has 2 aromatic heterocycles. The molecule has 0 spiro atoms. The van der Waals surface area contributed by atoms with Crippen molar-refractivity contribution in [3.05, 3.63) is 46.4 Å². The van der Waals surface area contributed by atoms with Crippen molar-refractivity contribution in [1.29, 1.82) is 0 Å². The van der Waals surface area contributed by atoms with Gasteiger partial charge in [0.1, 0.15) is 5.60 Å². The number of carbonyl (C=O) groups excluding carboxylic acids is 1. The number of aryl methyl sites for hydroxylation is 1. The van der Waals surface area contributed by atoms with E-state index in [1.54, 1.807) is 58.2 Å². The molecule has 0 radical (unpaired) electrons. The van der Waals surface area contributed by atoms with Crippen molar-refractivity contribution in [2.24, 2.45) is 0 Å². The molecule has 1 amide bonds. The molecule has 0 aliphatic carbocycles. The number of hydrogen-bond donors (Lipinski definition) is 1. The number of amides is 1. The number of anilines is 1. The predicted molar refractivity (Wildman–Crippen MR) is 118 cm³/mol. The highest BCUT2D eigenvalue weighted by Gasteiger charge is 2.19. The van der Waals surface area contributed by atoms with Crippen LogP contribution in [-0.2, 0) is 4.74 Å². The van der Waals surface area contributed by atoms with Crippen LogP contribution in [0.3, 0.4) is 0 Å². The number of nitrogens with one attached hydrogen (secondary N) is 1. The molecule has 0 aliphatic rings. The molecule has 0 saturated carbocycles. The summed E-state index contributed by atoms with van der Waals surface area (Å²) in [5, 5.41) is 3.94. The summed E-state index contributed by atoms with van der Waals surface area (Å²) in [7, 11) is 1.46. The second-order valence-corrected chi connectivity index (χ2v) is 8.34. The molecule has 8 nitrogen and oxygen atoms in total. The Kier molecular flexibility index (Phi) is 6.02. The highest BCUT2D eigenvalue weighted by Crippen LogP contribution is 2.26. The van der Waals surface area contributed by atoms with Crippen LogP contribution < -0.4 is 15.6 Å². The van der Waals surface area contributed by atoms with Gasteiger partial charge in [0.05, 0.1) is 12.8 Å². The van der Waals surface area contributed by atoms with Crippen LogP contribution in [0.2, 0.25) is 0 Å². The lowest BCUT2D eigenvalue weighted by Crippen LogP contribution is -2.27. The molecule has 0 atom stereocenters. The first-order valence-electron chi connectivity index (χ1n) is 9.25. The Bertz CT molecular complexity index is 1170. The van der Waals surface area contributed by atoms with Gasteiger partial charge in [0.2, 0.25) is 0 Å². The maximum atomic E-state index is 13.2. The molecule has 0 bridgehead atoms. The molecule has 3 rings (SSSR count). The van der Waals surface area contributed by atoms with Gasteiger partial charge in [0.15, 0.2) is 16.6 Å². The maximum Gasteiger partial charge on any atom is 0.412 e. The highest BCUT2D eigenvalue weighted by molar-refractivity contribution is 7.98. The van der Waals surface area contributed by atoms with E-state index in [-0.39, 0.29) is 11.3 Å². The van der Waals surface area contributed by atoms with Crippen molar-refractivity contribution in [3.8, 4) is 11.4 Å². The van der Waals surface area contributed by atoms with Gasteiger partial charge >= 0.3 is 6.09 Å². The van der Waals surface area contributed by atoms with Crippen LogP contribution in [0.25, 0.3) is 16.7 Å². The summed E-state index contributed by atoms with van der Waals surface area (Å²) >= 11 is 1.38. The van der Waals surface area contributed by atoms with Gasteiger partial charge in [-0.15, -0.1) is 0 Å². The molecule has 9 heteroatoms. The Hall–Kier alpha value is -3.07. The molecule has 30 heavy (non-hydrogen) atoms. The van der Waals surface area contributed by atoms with Crippen LogP contribution in [0.5, 0.6) is 5.75 Å². The highest BCUT2D eigenvalue weighted by atomic mass is 32.2. The molecular formula is C21H24N4O4S. The number of rotatable bonds is 4. The summed E-state index contributed by atoms with van der Waals surface area (Å²) in [5.41, 5.74) is 1.19. The van der Waals surface area contributed by atoms with E-state index in [4.69, 9.17) is 9.47 Å². The van der Waals surface area contributed by atoms with Crippen LogP contribution >= 0.6 is 11.8 Å². The molecule has 0 aliphatic heterocycles. The number of benzene rings is 1. The standard InChI is InChI=1S/C21H24N4O4S/c1-12-15-11-22-19(30-6)24-17(15)25(18(26)16(12)28-5)14-9-7-8-13(10-14)23-20(27)29-21(2,3)4/h7-11H,1-6H3,(H,23,27). The Morgan fingerprint density at radius 2 is 2.00 bits per heavy atom. The number of nitrogens with zero attached hydrogens (tertiary/aromatic N) is 3. The topological polar surface area (TPSA) is 95.3 Å². The molecular weight excluding hydrogens is 404 g/mol. The summed E-state index contributed by atoms with van der Waals surface area (Å²) in [4.78, 5) is 34.2. The number of hydrogen-bond acceptors (Lipinski definition) is 7. The second kappa shape index (κ2) is 8.35. The Balaban J connectivity index is 2.17. The number of aromatic nitrogens is 3. The zero-order chi connectivity index (χ0) is 22.1. The lowest BCUT2D eigenvalue weighted by Gasteiger charge is -2.20. The van der Waals surface area contributed by atoms with E-state index in [2.05, 4.69) is 15.3 Å². The Morgan fingerprint density at radius 1 is 1.27 bits per heavy atom. The fraction of sp³-hybridized carbons (Fsp3) is 0.333. The number of carbonyl (C=O) groups is 1. The molecule has 2 heterocycles. The normalized spacial score (nSPS) is 11.4. The van der Waals surface area contributed by atoms with Gasteiger partial charge < -0.3 is 9.47 Å². The molecule has 158 valence electrons. The zero-order valence-electron chi connectivity index (χ0n) is 17.8. The minimum Gasteiger partial charge on any atom is -0.491 e. The Labute approximate surface area is 178 Å². The molecule has 3 aromatic rings. The third-order valence-corrected chi connectivity index (χ3v) is 4.80. The maximum absolute atomic E-state index is 13.2. The molecule has 0 unspecified atom stereocenters. The lowest BCUT2D eigenvalue weighted by atomic mass is 10.1. The first-order chi connectivity index (χ1) is 14.1. The molecule has 0 saturated heterocycles. The molecule has 1 aromatic carbocycles. The van der Waals surface area contributed by atoms with Gasteiger partial charge in [-0.05, 0) is 52.1 Å². The van der Waals surface area contributed by atoms with Crippen molar-refractivity contribution in [3.63, 3.8) is 0 Å². The number of ether oxygens (including phenoxy) is 2. The number of fused-ring (bicyclic) bond motifs is 1. The van der Waals surface area contributed by atoms with Crippen LogP contribution in [-0.4, -0.2) is 39.6 Å². The second-order valence-electron chi connectivity index (χ2n) is 7.57. The first-order valence-corrected chi connectivity index (χ1v) is 10.5. The van der Waals surface area contributed by atoms with Gasteiger partial charge in [-0.2, -0.15) is 0 Å². The van der Waals surface area contributed by atoms with Gasteiger partial charge in [0, 0.05) is 22.8 Å². The summed E-state index contributed by atoms with van der Waals surface area (Å²) < 4.78 is 12.1. The monoisotopic (exact) mass is 428 g/mol. The van der Waals surface area contributed by atoms with Crippen molar-refractivity contribution in [1.82, 2.24) is 14.5 Å². The average Bonchev–Trinajstić information content (AvgIpc) is 2.66. The van der Waals surface area contributed by atoms with Crippen molar-refractivity contribution >= 4 is 34.6 Å². The first kappa shape index (κ1) is 21.6. The fourth-order valence-electron chi connectivity index (χ4n) is 3.00. The minimum absolute atomic E-state index is 0.216. The molecule has 0 fully saturated rings. The third-order valence-electron chi connectivity index (χ3n) is 4.24. The van der Waals surface area contributed by atoms with Gasteiger partial charge in [-0.1, -0.05) is 17.8 Å². The largest absolute Gasteiger partial charge is 0.491 e. The predicted octanol–water partition coefficient (Wildman–Crippen LogP) is 4.17. The van der Waals surface area contributed by atoms with E-state index in [9.17, 15) is 9.59 Å². The van der Waals surface area contributed by atoms with Gasteiger partial charge in [-0.25, -0.2) is 14.8 Å². The summed E-state index contributed by atoms with van der Waals surface area (Å²) in [6.45, 7) is 7.17. The van der Waals surface area contributed by atoms with Crippen LogP contribution in [0, 0.1) is 6.92 Å². The van der Waals surface area contributed by atoms with Crippen LogP contribution in [0.15, 0.2) is 40.4 Å². The number of methoxy groups -OCH3 is 1. The van der Waals surface area contributed by atoms with Crippen LogP contribution in [0.1, 0.15) is 26.3 Å². The van der Waals surface area contributed by atoms with Crippen molar-refractivity contribution in [2.75, 3.05) is 18.7 Å². The van der Waals surface area contributed by atoms with Gasteiger partial charge in [-0.3, -0.25) is 14.7 Å². The van der Waals surface area contributed by atoms with E-state index >= 15 is 0 Å². The van der Waals surface area contributed by atoms with E-state index in [1.807, 2.05) is 6.26 Å². The van der Waals surface area contributed by atoms with Gasteiger partial charge in [0.25, 0.3) is 5.56 Å². The summed E-state index contributed by atoms with van der Waals surface area (Å²) in [6.07, 6.45) is 2.97. The van der Waals surface area contributed by atoms with E-state index in [0.717, 1.165) is 0 Å². The van der Waals surface area contributed by atoms with Crippen molar-refractivity contribution in [2.45, 2.75) is 38.5 Å². The average molecular weight is 429 g/mol. The lowest BCUT2D eigenvalue weighted by molar-refractivity contribution is 0.0636. The van der Waals surface area contributed by atoms with Crippen molar-refractivity contribution < 1.29 is 14.3 Å². The SMILES string of the molecule is COc1c(C)c2cnc(SC)nc2n(-c2cccc(NC(=O)OC(C)(C)C)c2)c1=O. The summed E-state index contributed by atoms with van der Waals surface area (Å²) in [5.74, 6) is 0.216. The molecule has 1 N–H and O–H groups in total.